The van der Waals surface area contributed by atoms with Gasteiger partial charge in [0.25, 0.3) is 5.91 Å². The minimum Gasteiger partial charge on any atom is -0.460 e. The van der Waals surface area contributed by atoms with E-state index in [-0.39, 0.29) is 17.3 Å². The number of hydrogen-bond donors (Lipinski definition) is 2. The van der Waals surface area contributed by atoms with Gasteiger partial charge in [0.05, 0.1) is 11.9 Å². The quantitative estimate of drug-likeness (QED) is 0.747. The van der Waals surface area contributed by atoms with Gasteiger partial charge in [-0.15, -0.1) is 0 Å². The van der Waals surface area contributed by atoms with Crippen molar-refractivity contribution in [3.05, 3.63) is 47.9 Å². The van der Waals surface area contributed by atoms with Gasteiger partial charge >= 0.3 is 0 Å². The van der Waals surface area contributed by atoms with Crippen LogP contribution in [0.3, 0.4) is 0 Å². The number of benzene rings is 1. The van der Waals surface area contributed by atoms with E-state index in [0.717, 1.165) is 20.7 Å². The van der Waals surface area contributed by atoms with Gasteiger partial charge in [-0.05, 0) is 43.3 Å². The maximum atomic E-state index is 12.1. The monoisotopic (exact) mass is 366 g/mol. The average molecular weight is 366 g/mol. The smallest absolute Gasteiger partial charge is 0.279 e. The lowest BCUT2D eigenvalue weighted by molar-refractivity contribution is -0.886. The Balaban J connectivity index is 1.92. The number of hydrogen-bond acceptors (Lipinski definition) is 4. The zero-order valence-electron chi connectivity index (χ0n) is 14.9. The second kappa shape index (κ2) is 7.81. The first-order chi connectivity index (χ1) is 11.7. The van der Waals surface area contributed by atoms with Crippen LogP contribution in [0.1, 0.15) is 11.5 Å². The Hall–Kier alpha value is -2.16. The summed E-state index contributed by atoms with van der Waals surface area (Å²) in [5.74, 6) is 1.53. The lowest BCUT2D eigenvalue weighted by Crippen LogP contribution is -3.08. The Bertz CT molecular complexity index is 826. The summed E-state index contributed by atoms with van der Waals surface area (Å²) < 4.78 is 30.7. The molecule has 8 heteroatoms. The van der Waals surface area contributed by atoms with E-state index in [1.165, 1.54) is 26.2 Å². The summed E-state index contributed by atoms with van der Waals surface area (Å²) in [6.45, 7) is 2.77. The molecule has 1 atom stereocenters. The number of furan rings is 1. The number of carbonyl (C=O) groups excluding carboxylic acids is 1. The zero-order valence-corrected chi connectivity index (χ0v) is 15.7. The van der Waals surface area contributed by atoms with Gasteiger partial charge in [0.2, 0.25) is 10.0 Å². The van der Waals surface area contributed by atoms with Crippen LogP contribution in [-0.4, -0.2) is 46.3 Å². The SMILES string of the molecule is Cc1ccc(C[NH+](C)CC(=O)Nc2ccc(S(=O)(=O)N(C)C)cc2)o1. The fraction of sp³-hybridized carbons (Fsp3) is 0.353. The van der Waals surface area contributed by atoms with Gasteiger partial charge in [0.1, 0.15) is 12.3 Å². The van der Waals surface area contributed by atoms with Crippen LogP contribution in [0, 0.1) is 6.92 Å². The highest BCUT2D eigenvalue weighted by molar-refractivity contribution is 7.89. The standard InChI is InChI=1S/C17H23N3O4S/c1-13-5-8-15(24-13)11-20(4)12-17(21)18-14-6-9-16(10-7-14)25(22,23)19(2)3/h5-10H,11-12H2,1-4H3,(H,18,21)/p+1. The van der Waals surface area contributed by atoms with Gasteiger partial charge in [0, 0.05) is 19.8 Å². The third-order valence-corrected chi connectivity index (χ3v) is 5.48. The van der Waals surface area contributed by atoms with Crippen LogP contribution in [-0.2, 0) is 21.4 Å². The van der Waals surface area contributed by atoms with Gasteiger partial charge < -0.3 is 14.6 Å². The maximum absolute atomic E-state index is 12.1. The van der Waals surface area contributed by atoms with E-state index in [9.17, 15) is 13.2 Å². The molecule has 1 heterocycles. The Morgan fingerprint density at radius 3 is 2.32 bits per heavy atom. The molecule has 2 aromatic rings. The van der Waals surface area contributed by atoms with Crippen molar-refractivity contribution in [2.24, 2.45) is 0 Å². The van der Waals surface area contributed by atoms with Crippen molar-refractivity contribution in [2.75, 3.05) is 33.0 Å². The molecule has 0 aliphatic heterocycles. The van der Waals surface area contributed by atoms with Crippen LogP contribution in [0.15, 0.2) is 45.7 Å². The summed E-state index contributed by atoms with van der Waals surface area (Å²) in [5.41, 5.74) is 0.560. The molecule has 25 heavy (non-hydrogen) atoms. The first-order valence-corrected chi connectivity index (χ1v) is 9.31. The number of rotatable bonds is 7. The molecule has 136 valence electrons. The molecule has 7 nitrogen and oxygen atoms in total. The number of aryl methyl sites for hydroxylation is 1. The fourth-order valence-electron chi connectivity index (χ4n) is 2.34. The molecule has 0 spiro atoms. The second-order valence-electron chi connectivity index (χ2n) is 6.18. The largest absolute Gasteiger partial charge is 0.460 e. The Kier molecular flexibility index (Phi) is 5.99. The molecule has 0 saturated carbocycles. The van der Waals surface area contributed by atoms with E-state index in [2.05, 4.69) is 5.32 Å². The molecule has 1 unspecified atom stereocenters. The Morgan fingerprint density at radius 2 is 1.80 bits per heavy atom. The fourth-order valence-corrected chi connectivity index (χ4v) is 3.24. The number of anilines is 1. The Labute approximate surface area is 148 Å². The van der Waals surface area contributed by atoms with E-state index in [1.807, 2.05) is 26.1 Å². The van der Waals surface area contributed by atoms with Gasteiger partial charge in [-0.25, -0.2) is 12.7 Å². The van der Waals surface area contributed by atoms with Gasteiger partial charge in [0.15, 0.2) is 12.3 Å². The van der Waals surface area contributed by atoms with Crippen molar-refractivity contribution < 1.29 is 22.5 Å². The first kappa shape index (κ1) is 19.2. The molecule has 1 aromatic heterocycles. The lowest BCUT2D eigenvalue weighted by atomic mass is 10.3. The molecule has 0 saturated heterocycles. The van der Waals surface area contributed by atoms with Crippen LogP contribution >= 0.6 is 0 Å². The van der Waals surface area contributed by atoms with Crippen LogP contribution in [0.25, 0.3) is 0 Å². The number of carbonyl (C=O) groups is 1. The summed E-state index contributed by atoms with van der Waals surface area (Å²) in [7, 11) is 1.39. The minimum absolute atomic E-state index is 0.149. The maximum Gasteiger partial charge on any atom is 0.279 e. The number of sulfonamides is 1. The van der Waals surface area contributed by atoms with Crippen LogP contribution < -0.4 is 10.2 Å². The summed E-state index contributed by atoms with van der Waals surface area (Å²) in [6.07, 6.45) is 0. The number of nitrogens with zero attached hydrogens (tertiary/aromatic N) is 1. The molecule has 0 bridgehead atoms. The van der Waals surface area contributed by atoms with Crippen LogP contribution in [0.5, 0.6) is 0 Å². The number of amides is 1. The highest BCUT2D eigenvalue weighted by Gasteiger charge is 2.17. The molecular weight excluding hydrogens is 342 g/mol. The number of likely N-dealkylation sites (N-methyl/N-ethyl adjacent to an activating group) is 1. The summed E-state index contributed by atoms with van der Waals surface area (Å²) >= 11 is 0. The molecule has 0 fully saturated rings. The van der Waals surface area contributed by atoms with Crippen molar-refractivity contribution in [2.45, 2.75) is 18.4 Å². The van der Waals surface area contributed by atoms with Gasteiger partial charge in [-0.3, -0.25) is 4.79 Å². The van der Waals surface area contributed by atoms with Crippen molar-refractivity contribution >= 4 is 21.6 Å². The lowest BCUT2D eigenvalue weighted by Gasteiger charge is -2.13. The van der Waals surface area contributed by atoms with Crippen molar-refractivity contribution in [3.8, 4) is 0 Å². The second-order valence-corrected chi connectivity index (χ2v) is 8.33. The number of quaternary nitrogens is 1. The minimum atomic E-state index is -3.47. The molecule has 0 aliphatic rings. The topological polar surface area (TPSA) is 84.1 Å². The van der Waals surface area contributed by atoms with E-state index in [4.69, 9.17) is 4.42 Å². The zero-order chi connectivity index (χ0) is 18.6. The van der Waals surface area contributed by atoms with E-state index >= 15 is 0 Å². The van der Waals surface area contributed by atoms with Gasteiger partial charge in [-0.1, -0.05) is 0 Å². The predicted molar refractivity (Wildman–Crippen MR) is 94.8 cm³/mol. The molecule has 1 aromatic carbocycles. The highest BCUT2D eigenvalue weighted by atomic mass is 32.2. The third kappa shape index (κ3) is 5.15. The predicted octanol–water partition coefficient (Wildman–Crippen LogP) is 0.492. The van der Waals surface area contributed by atoms with Crippen molar-refractivity contribution in [3.63, 3.8) is 0 Å². The first-order valence-electron chi connectivity index (χ1n) is 7.87. The summed E-state index contributed by atoms with van der Waals surface area (Å²) in [4.78, 5) is 13.3. The number of nitrogens with one attached hydrogen (secondary N) is 2. The highest BCUT2D eigenvalue weighted by Crippen LogP contribution is 2.16. The van der Waals surface area contributed by atoms with Crippen molar-refractivity contribution in [1.82, 2.24) is 4.31 Å². The van der Waals surface area contributed by atoms with Crippen molar-refractivity contribution in [1.29, 1.82) is 0 Å². The average Bonchev–Trinajstić information content (AvgIpc) is 2.92. The third-order valence-electron chi connectivity index (χ3n) is 3.65. The normalized spacial score (nSPS) is 13.0. The van der Waals surface area contributed by atoms with Crippen LogP contribution in [0.4, 0.5) is 5.69 Å². The molecule has 2 rings (SSSR count). The van der Waals surface area contributed by atoms with Crippen LogP contribution in [0.2, 0.25) is 0 Å². The molecule has 0 radical (unpaired) electrons. The van der Waals surface area contributed by atoms with E-state index in [0.29, 0.717) is 12.2 Å². The molecular formula is C17H24N3O4S+. The molecule has 1 amide bonds. The molecule has 2 N–H and O–H groups in total. The summed E-state index contributed by atoms with van der Waals surface area (Å²) in [5, 5.41) is 2.77. The summed E-state index contributed by atoms with van der Waals surface area (Å²) in [6, 6.07) is 9.92. The van der Waals surface area contributed by atoms with E-state index in [1.54, 1.807) is 12.1 Å². The Morgan fingerprint density at radius 1 is 1.16 bits per heavy atom. The molecule has 0 aliphatic carbocycles. The van der Waals surface area contributed by atoms with E-state index < -0.39 is 10.0 Å². The van der Waals surface area contributed by atoms with Gasteiger partial charge in [-0.2, -0.15) is 0 Å².